The molecule has 1 aromatic rings. The van der Waals surface area contributed by atoms with Gasteiger partial charge in [-0.3, -0.25) is 0 Å². The first-order valence-electron chi connectivity index (χ1n) is 5.62. The SMILES string of the molecule is CCCC[Se]C#CCOc1ccc(C)cc1. The van der Waals surface area contributed by atoms with E-state index in [1.807, 2.05) is 24.3 Å². The Kier molecular flexibility index (Phi) is 6.81. The fraction of sp³-hybridized carbons (Fsp3) is 0.429. The van der Waals surface area contributed by atoms with Crippen molar-refractivity contribution in [3.63, 3.8) is 0 Å². The van der Waals surface area contributed by atoms with E-state index in [0.29, 0.717) is 21.6 Å². The summed E-state index contributed by atoms with van der Waals surface area (Å²) in [5, 5.41) is 1.26. The Balaban J connectivity index is 2.17. The standard InChI is InChI=1S/C14H18OSe/c1-3-4-11-16-12-5-10-15-14-8-6-13(2)7-9-14/h6-9H,3-4,10-11H2,1-2H3. The quantitative estimate of drug-likeness (QED) is 0.457. The number of rotatable bonds is 5. The van der Waals surface area contributed by atoms with Gasteiger partial charge < -0.3 is 0 Å². The van der Waals surface area contributed by atoms with E-state index < -0.39 is 0 Å². The molecule has 0 aliphatic rings. The van der Waals surface area contributed by atoms with Crippen molar-refractivity contribution in [2.24, 2.45) is 0 Å². The molecule has 0 aliphatic carbocycles. The molecule has 0 N–H and O–H groups in total. The maximum atomic E-state index is 5.50. The molecule has 1 nitrogen and oxygen atoms in total. The molecular weight excluding hydrogens is 263 g/mol. The van der Waals surface area contributed by atoms with E-state index in [4.69, 9.17) is 4.74 Å². The summed E-state index contributed by atoms with van der Waals surface area (Å²) in [7, 11) is 0. The Hall–Kier alpha value is -0.901. The van der Waals surface area contributed by atoms with E-state index in [1.165, 1.54) is 23.7 Å². The van der Waals surface area contributed by atoms with E-state index in [2.05, 4.69) is 24.6 Å². The zero-order valence-corrected chi connectivity index (χ0v) is 11.7. The number of benzene rings is 1. The third-order valence-electron chi connectivity index (χ3n) is 2.08. The molecule has 1 rings (SSSR count). The van der Waals surface area contributed by atoms with Crippen LogP contribution in [-0.4, -0.2) is 21.6 Å². The molecule has 0 fully saturated rings. The second kappa shape index (κ2) is 8.27. The molecule has 0 spiro atoms. The Bertz CT molecular complexity index is 345. The third kappa shape index (κ3) is 5.85. The summed E-state index contributed by atoms with van der Waals surface area (Å²) < 4.78 is 5.50. The number of hydrogen-bond acceptors (Lipinski definition) is 1. The van der Waals surface area contributed by atoms with Gasteiger partial charge in [-0.2, -0.15) is 0 Å². The van der Waals surface area contributed by atoms with Gasteiger partial charge in [0.2, 0.25) is 0 Å². The second-order valence-electron chi connectivity index (χ2n) is 3.58. The van der Waals surface area contributed by atoms with Crippen LogP contribution < -0.4 is 4.74 Å². The van der Waals surface area contributed by atoms with Gasteiger partial charge in [-0.15, -0.1) is 0 Å². The molecule has 0 radical (unpaired) electrons. The molecule has 0 aromatic heterocycles. The topological polar surface area (TPSA) is 9.23 Å². The molecule has 0 heterocycles. The van der Waals surface area contributed by atoms with Gasteiger partial charge in [-0.05, 0) is 0 Å². The molecule has 16 heavy (non-hydrogen) atoms. The van der Waals surface area contributed by atoms with Crippen molar-refractivity contribution in [2.75, 3.05) is 6.61 Å². The van der Waals surface area contributed by atoms with E-state index in [0.717, 1.165) is 5.75 Å². The molecule has 0 atom stereocenters. The zero-order valence-electron chi connectivity index (χ0n) is 9.95. The summed E-state index contributed by atoms with van der Waals surface area (Å²) in [5.74, 6) is 3.97. The van der Waals surface area contributed by atoms with Crippen molar-refractivity contribution in [3.8, 4) is 16.5 Å². The molecule has 0 amide bonds. The molecule has 0 unspecified atom stereocenters. The second-order valence-corrected chi connectivity index (χ2v) is 5.47. The molecule has 2 heteroatoms. The van der Waals surface area contributed by atoms with Crippen LogP contribution in [0.1, 0.15) is 25.3 Å². The Labute approximate surface area is 105 Å². The van der Waals surface area contributed by atoms with Crippen LogP contribution in [0.5, 0.6) is 5.75 Å². The van der Waals surface area contributed by atoms with Gasteiger partial charge in [0.25, 0.3) is 0 Å². The first kappa shape index (κ1) is 13.2. The molecule has 0 aliphatic heterocycles. The van der Waals surface area contributed by atoms with Gasteiger partial charge in [0.05, 0.1) is 0 Å². The Morgan fingerprint density at radius 1 is 1.25 bits per heavy atom. The Morgan fingerprint density at radius 3 is 2.69 bits per heavy atom. The van der Waals surface area contributed by atoms with E-state index in [1.54, 1.807) is 0 Å². The van der Waals surface area contributed by atoms with Gasteiger partial charge >= 0.3 is 105 Å². The van der Waals surface area contributed by atoms with E-state index >= 15 is 0 Å². The van der Waals surface area contributed by atoms with Crippen molar-refractivity contribution >= 4 is 15.0 Å². The first-order valence-corrected chi connectivity index (χ1v) is 7.69. The van der Waals surface area contributed by atoms with Crippen molar-refractivity contribution in [1.82, 2.24) is 0 Å². The molecule has 0 saturated carbocycles. The van der Waals surface area contributed by atoms with Crippen LogP contribution in [0.25, 0.3) is 0 Å². The summed E-state index contributed by atoms with van der Waals surface area (Å²) in [6.07, 6.45) is 2.57. The minimum absolute atomic E-state index is 0.479. The van der Waals surface area contributed by atoms with Gasteiger partial charge in [-0.1, -0.05) is 0 Å². The molecule has 86 valence electrons. The van der Waals surface area contributed by atoms with Gasteiger partial charge in [0.1, 0.15) is 0 Å². The number of ether oxygens (including phenoxy) is 1. The van der Waals surface area contributed by atoms with Crippen LogP contribution in [0.3, 0.4) is 0 Å². The van der Waals surface area contributed by atoms with Crippen molar-refractivity contribution in [2.45, 2.75) is 32.0 Å². The fourth-order valence-corrected chi connectivity index (χ4v) is 2.56. The van der Waals surface area contributed by atoms with Gasteiger partial charge in [0.15, 0.2) is 0 Å². The Morgan fingerprint density at radius 2 is 2.00 bits per heavy atom. The number of unbranched alkanes of at least 4 members (excludes halogenated alkanes) is 1. The maximum absolute atomic E-state index is 5.50. The van der Waals surface area contributed by atoms with Crippen molar-refractivity contribution in [1.29, 1.82) is 0 Å². The predicted octanol–water partition coefficient (Wildman–Crippen LogP) is 3.26. The van der Waals surface area contributed by atoms with Crippen LogP contribution in [0.15, 0.2) is 24.3 Å². The molecule has 0 saturated heterocycles. The normalized spacial score (nSPS) is 9.38. The van der Waals surface area contributed by atoms with Gasteiger partial charge in [-0.25, -0.2) is 0 Å². The predicted molar refractivity (Wildman–Crippen MR) is 69.9 cm³/mol. The molecular formula is C14H18OSe. The summed E-state index contributed by atoms with van der Waals surface area (Å²) >= 11 is 0.479. The molecule has 1 aromatic carbocycles. The first-order chi connectivity index (χ1) is 7.83. The van der Waals surface area contributed by atoms with Crippen LogP contribution >= 0.6 is 0 Å². The fourth-order valence-electron chi connectivity index (χ4n) is 1.10. The van der Waals surface area contributed by atoms with Crippen LogP contribution in [-0.2, 0) is 0 Å². The summed E-state index contributed by atoms with van der Waals surface area (Å²) in [6.45, 7) is 4.79. The summed E-state index contributed by atoms with van der Waals surface area (Å²) in [6, 6.07) is 8.07. The third-order valence-corrected chi connectivity index (χ3v) is 3.72. The zero-order chi connectivity index (χ0) is 11.6. The van der Waals surface area contributed by atoms with Gasteiger partial charge in [0, 0.05) is 0 Å². The van der Waals surface area contributed by atoms with Crippen molar-refractivity contribution < 1.29 is 4.74 Å². The van der Waals surface area contributed by atoms with E-state index in [-0.39, 0.29) is 0 Å². The van der Waals surface area contributed by atoms with E-state index in [9.17, 15) is 0 Å². The summed E-state index contributed by atoms with van der Waals surface area (Å²) in [4.78, 5) is 3.19. The number of aryl methyl sites for hydroxylation is 1. The molecule has 0 bridgehead atoms. The average molecular weight is 281 g/mol. The van der Waals surface area contributed by atoms with Crippen molar-refractivity contribution in [3.05, 3.63) is 29.8 Å². The number of hydrogen-bond donors (Lipinski definition) is 0. The summed E-state index contributed by atoms with van der Waals surface area (Å²) in [5.41, 5.74) is 1.25. The monoisotopic (exact) mass is 282 g/mol. The average Bonchev–Trinajstić information content (AvgIpc) is 2.30. The van der Waals surface area contributed by atoms with Crippen LogP contribution in [0, 0.1) is 17.7 Å². The minimum atomic E-state index is 0.479. The van der Waals surface area contributed by atoms with Crippen LogP contribution in [0.2, 0.25) is 5.32 Å². The van der Waals surface area contributed by atoms with Crippen LogP contribution in [0.4, 0.5) is 0 Å².